The monoisotopic (exact) mass is 225 g/mol. The molecule has 0 bridgehead atoms. The van der Waals surface area contributed by atoms with Gasteiger partial charge in [-0.1, -0.05) is 0 Å². The molecule has 2 fully saturated rings. The van der Waals surface area contributed by atoms with Gasteiger partial charge in [0.05, 0.1) is 12.6 Å². The number of rotatable bonds is 3. The Balaban J connectivity index is 1.66. The molecule has 2 unspecified atom stereocenters. The molecule has 4 heteroatoms. The average Bonchev–Trinajstić information content (AvgIpc) is 2.75. The van der Waals surface area contributed by atoms with Gasteiger partial charge >= 0.3 is 0 Å². The summed E-state index contributed by atoms with van der Waals surface area (Å²) in [6.07, 6.45) is 4.16. The normalized spacial score (nSPS) is 36.0. The van der Waals surface area contributed by atoms with Crippen molar-refractivity contribution in [3.8, 4) is 0 Å². The molecule has 0 radical (unpaired) electrons. The van der Waals surface area contributed by atoms with E-state index in [1.165, 1.54) is 37.3 Å². The molecule has 0 aromatic carbocycles. The van der Waals surface area contributed by atoms with Crippen LogP contribution in [0.4, 0.5) is 0 Å². The summed E-state index contributed by atoms with van der Waals surface area (Å²) in [5.74, 6) is 5.20. The summed E-state index contributed by atoms with van der Waals surface area (Å²) in [4.78, 5) is 6.83. The van der Waals surface area contributed by atoms with Crippen LogP contribution < -0.4 is 5.73 Å². The molecule has 3 rings (SSSR count). The predicted molar refractivity (Wildman–Crippen MR) is 65.1 cm³/mol. The molecule has 3 aliphatic rings. The Morgan fingerprint density at radius 3 is 2.93 bits per heavy atom. The average molecular weight is 225 g/mol. The number of aliphatic imine (C=N–C) groups is 1. The maximum Gasteiger partial charge on any atom is 0.191 e. The molecule has 0 spiro atoms. The Bertz CT molecular complexity index is 269. The van der Waals surface area contributed by atoms with Crippen LogP contribution >= 0.6 is 11.8 Å². The van der Waals surface area contributed by atoms with Crippen molar-refractivity contribution in [2.24, 2.45) is 22.6 Å². The minimum absolute atomic E-state index is 0.626. The van der Waals surface area contributed by atoms with Gasteiger partial charge in [-0.3, -0.25) is 4.99 Å². The van der Waals surface area contributed by atoms with E-state index in [1.54, 1.807) is 0 Å². The first-order valence-corrected chi connectivity index (χ1v) is 7.14. The minimum Gasteiger partial charge on any atom is -0.370 e. The van der Waals surface area contributed by atoms with E-state index in [2.05, 4.69) is 21.7 Å². The van der Waals surface area contributed by atoms with Crippen molar-refractivity contribution in [2.45, 2.75) is 25.3 Å². The minimum atomic E-state index is 0.626. The van der Waals surface area contributed by atoms with Crippen molar-refractivity contribution < 1.29 is 0 Å². The molecule has 2 aliphatic heterocycles. The smallest absolute Gasteiger partial charge is 0.191 e. The highest BCUT2D eigenvalue weighted by Gasteiger charge is 2.37. The predicted octanol–water partition coefficient (Wildman–Crippen LogP) is 1.15. The number of nitrogens with two attached hydrogens (primary N) is 1. The highest BCUT2D eigenvalue weighted by atomic mass is 32.2. The number of guanidine groups is 1. The van der Waals surface area contributed by atoms with Crippen molar-refractivity contribution in [2.75, 3.05) is 24.6 Å². The number of thioether (sulfide) groups is 1. The van der Waals surface area contributed by atoms with Crippen LogP contribution in [0.1, 0.15) is 19.3 Å². The van der Waals surface area contributed by atoms with E-state index >= 15 is 0 Å². The van der Waals surface area contributed by atoms with E-state index in [9.17, 15) is 0 Å². The summed E-state index contributed by atoms with van der Waals surface area (Å²) < 4.78 is 0. The second-order valence-corrected chi connectivity index (χ2v) is 6.14. The van der Waals surface area contributed by atoms with Crippen molar-refractivity contribution in [1.82, 2.24) is 4.90 Å². The van der Waals surface area contributed by atoms with E-state index < -0.39 is 0 Å². The third kappa shape index (κ3) is 1.96. The Kier molecular flexibility index (Phi) is 2.54. The molecule has 2 atom stereocenters. The Hall–Kier alpha value is -0.380. The lowest BCUT2D eigenvalue weighted by Gasteiger charge is -2.30. The topological polar surface area (TPSA) is 41.6 Å². The molecule has 2 N–H and O–H groups in total. The molecule has 2 heterocycles. The Labute approximate surface area is 95.5 Å². The van der Waals surface area contributed by atoms with Gasteiger partial charge in [-0.15, -0.1) is 0 Å². The summed E-state index contributed by atoms with van der Waals surface area (Å²) >= 11 is 2.09. The molecular formula is C11H19N3S. The molecule has 0 aromatic heterocycles. The van der Waals surface area contributed by atoms with E-state index in [0.29, 0.717) is 6.04 Å². The number of hydrogen-bond donors (Lipinski definition) is 1. The Morgan fingerprint density at radius 1 is 1.40 bits per heavy atom. The molecule has 1 aliphatic carbocycles. The van der Waals surface area contributed by atoms with Crippen LogP contribution in [0.2, 0.25) is 0 Å². The fourth-order valence-corrected chi connectivity index (χ4v) is 3.94. The summed E-state index contributed by atoms with van der Waals surface area (Å²) in [6.45, 7) is 2.12. The van der Waals surface area contributed by atoms with Crippen molar-refractivity contribution in [3.05, 3.63) is 0 Å². The fraction of sp³-hybridized carbons (Fsp3) is 0.909. The highest BCUT2D eigenvalue weighted by molar-refractivity contribution is 7.99. The van der Waals surface area contributed by atoms with Gasteiger partial charge in [-0.05, 0) is 42.6 Å². The third-order valence-corrected chi connectivity index (χ3v) is 4.98. The van der Waals surface area contributed by atoms with E-state index in [0.717, 1.165) is 24.3 Å². The first-order valence-electron chi connectivity index (χ1n) is 5.99. The van der Waals surface area contributed by atoms with Gasteiger partial charge in [0.25, 0.3) is 0 Å². The first kappa shape index (κ1) is 9.82. The lowest BCUT2D eigenvalue weighted by molar-refractivity contribution is 0.258. The quantitative estimate of drug-likeness (QED) is 0.783. The van der Waals surface area contributed by atoms with Gasteiger partial charge in [0.2, 0.25) is 0 Å². The fourth-order valence-electron chi connectivity index (χ4n) is 2.61. The lowest BCUT2D eigenvalue weighted by Crippen LogP contribution is -2.45. The lowest BCUT2D eigenvalue weighted by atomic mass is 9.98. The van der Waals surface area contributed by atoms with Crippen LogP contribution in [0.25, 0.3) is 0 Å². The van der Waals surface area contributed by atoms with Crippen LogP contribution in [-0.4, -0.2) is 41.5 Å². The van der Waals surface area contributed by atoms with Gasteiger partial charge in [-0.25, -0.2) is 0 Å². The van der Waals surface area contributed by atoms with E-state index in [4.69, 9.17) is 5.73 Å². The van der Waals surface area contributed by atoms with Crippen LogP contribution in [0, 0.1) is 11.8 Å². The zero-order valence-corrected chi connectivity index (χ0v) is 9.88. The SMILES string of the molecule is NC1=NCC(C2CCSC2)N1CC1CC1. The molecule has 1 saturated heterocycles. The van der Waals surface area contributed by atoms with Crippen molar-refractivity contribution >= 4 is 17.7 Å². The third-order valence-electron chi connectivity index (χ3n) is 3.80. The molecular weight excluding hydrogens is 206 g/mol. The van der Waals surface area contributed by atoms with Crippen LogP contribution in [0.15, 0.2) is 4.99 Å². The largest absolute Gasteiger partial charge is 0.370 e. The summed E-state index contributed by atoms with van der Waals surface area (Å²) in [5.41, 5.74) is 5.98. The van der Waals surface area contributed by atoms with Crippen LogP contribution in [0.5, 0.6) is 0 Å². The maximum atomic E-state index is 5.98. The maximum absolute atomic E-state index is 5.98. The summed E-state index contributed by atoms with van der Waals surface area (Å²) in [7, 11) is 0. The molecule has 0 amide bonds. The van der Waals surface area contributed by atoms with Gasteiger partial charge in [-0.2, -0.15) is 11.8 Å². The molecule has 15 heavy (non-hydrogen) atoms. The zero-order chi connectivity index (χ0) is 10.3. The summed E-state index contributed by atoms with van der Waals surface area (Å²) in [5, 5.41) is 0. The highest BCUT2D eigenvalue weighted by Crippen LogP contribution is 2.35. The van der Waals surface area contributed by atoms with Crippen LogP contribution in [-0.2, 0) is 0 Å². The second kappa shape index (κ2) is 3.89. The van der Waals surface area contributed by atoms with Gasteiger partial charge < -0.3 is 10.6 Å². The number of nitrogens with zero attached hydrogens (tertiary/aromatic N) is 2. The van der Waals surface area contributed by atoms with Gasteiger partial charge in [0.1, 0.15) is 0 Å². The molecule has 0 aromatic rings. The zero-order valence-electron chi connectivity index (χ0n) is 9.06. The summed E-state index contributed by atoms with van der Waals surface area (Å²) in [6, 6.07) is 0.626. The second-order valence-electron chi connectivity index (χ2n) is 4.99. The van der Waals surface area contributed by atoms with E-state index in [1.807, 2.05) is 0 Å². The molecule has 84 valence electrons. The standard InChI is InChI=1S/C11H19N3S/c12-11-13-5-10(9-3-4-15-7-9)14(11)6-8-1-2-8/h8-10H,1-7H2,(H2,12,13). The molecule has 3 nitrogen and oxygen atoms in total. The van der Waals surface area contributed by atoms with Crippen LogP contribution in [0.3, 0.4) is 0 Å². The first-order chi connectivity index (χ1) is 7.34. The Morgan fingerprint density at radius 2 is 2.27 bits per heavy atom. The molecule has 1 saturated carbocycles. The number of hydrogen-bond acceptors (Lipinski definition) is 4. The van der Waals surface area contributed by atoms with Crippen molar-refractivity contribution in [3.63, 3.8) is 0 Å². The van der Waals surface area contributed by atoms with Gasteiger partial charge in [0, 0.05) is 6.54 Å². The van der Waals surface area contributed by atoms with Crippen molar-refractivity contribution in [1.29, 1.82) is 0 Å². The van der Waals surface area contributed by atoms with E-state index in [-0.39, 0.29) is 0 Å². The van der Waals surface area contributed by atoms with Gasteiger partial charge in [0.15, 0.2) is 5.96 Å².